The lowest BCUT2D eigenvalue weighted by Gasteiger charge is -2.28. The van der Waals surface area contributed by atoms with Crippen molar-refractivity contribution in [2.24, 2.45) is 5.92 Å². The van der Waals surface area contributed by atoms with Crippen molar-refractivity contribution in [3.8, 4) is 5.75 Å². The van der Waals surface area contributed by atoms with Gasteiger partial charge in [0.15, 0.2) is 5.58 Å². The standard InChI is InChI=1S/C18H26N2O3/c1-20-10-8-13(9-11-20)4-6-16-14-5-7-17(22-3)15(12-21-2)18(14)23-19-16/h5,7,13H,4,6,8-12H2,1-3H3. The summed E-state index contributed by atoms with van der Waals surface area (Å²) in [5.74, 6) is 1.59. The molecular formula is C18H26N2O3. The van der Waals surface area contributed by atoms with Crippen molar-refractivity contribution >= 4 is 11.0 Å². The second-order valence-electron chi connectivity index (χ2n) is 6.47. The lowest BCUT2D eigenvalue weighted by molar-refractivity contribution is 0.181. The van der Waals surface area contributed by atoms with Crippen molar-refractivity contribution in [2.75, 3.05) is 34.4 Å². The summed E-state index contributed by atoms with van der Waals surface area (Å²) in [5.41, 5.74) is 2.79. The number of ether oxygens (including phenoxy) is 2. The lowest BCUT2D eigenvalue weighted by Crippen LogP contribution is -2.30. The van der Waals surface area contributed by atoms with E-state index in [-0.39, 0.29) is 0 Å². The fourth-order valence-electron chi connectivity index (χ4n) is 3.44. The minimum atomic E-state index is 0.462. The first-order chi connectivity index (χ1) is 11.2. The molecule has 0 spiro atoms. The minimum absolute atomic E-state index is 0.462. The van der Waals surface area contributed by atoms with Crippen LogP contribution in [0.15, 0.2) is 16.7 Å². The van der Waals surface area contributed by atoms with Crippen molar-refractivity contribution in [3.63, 3.8) is 0 Å². The molecule has 0 unspecified atom stereocenters. The number of piperidine rings is 1. The molecule has 0 amide bonds. The zero-order chi connectivity index (χ0) is 16.2. The van der Waals surface area contributed by atoms with Gasteiger partial charge in [-0.1, -0.05) is 5.16 Å². The molecule has 23 heavy (non-hydrogen) atoms. The van der Waals surface area contributed by atoms with Crippen LogP contribution in [-0.4, -0.2) is 44.4 Å². The van der Waals surface area contributed by atoms with E-state index in [9.17, 15) is 0 Å². The highest BCUT2D eigenvalue weighted by Crippen LogP contribution is 2.32. The fourth-order valence-corrected chi connectivity index (χ4v) is 3.44. The van der Waals surface area contributed by atoms with E-state index in [1.165, 1.54) is 32.4 Å². The first-order valence-electron chi connectivity index (χ1n) is 8.34. The molecule has 1 saturated heterocycles. The molecule has 2 aromatic rings. The Kier molecular flexibility index (Phi) is 5.18. The van der Waals surface area contributed by atoms with Crippen LogP contribution < -0.4 is 4.74 Å². The number of fused-ring (bicyclic) bond motifs is 1. The molecule has 0 bridgehead atoms. The smallest absolute Gasteiger partial charge is 0.176 e. The van der Waals surface area contributed by atoms with E-state index >= 15 is 0 Å². The van der Waals surface area contributed by atoms with Crippen LogP contribution in [0.1, 0.15) is 30.5 Å². The maximum Gasteiger partial charge on any atom is 0.176 e. The number of hydrogen-bond donors (Lipinski definition) is 0. The predicted molar refractivity (Wildman–Crippen MR) is 89.8 cm³/mol. The minimum Gasteiger partial charge on any atom is -0.496 e. The van der Waals surface area contributed by atoms with E-state index in [4.69, 9.17) is 14.0 Å². The van der Waals surface area contributed by atoms with Gasteiger partial charge in [-0.15, -0.1) is 0 Å². The topological polar surface area (TPSA) is 47.7 Å². The Labute approximate surface area is 137 Å². The summed E-state index contributed by atoms with van der Waals surface area (Å²) < 4.78 is 16.3. The van der Waals surface area contributed by atoms with Crippen LogP contribution >= 0.6 is 0 Å². The summed E-state index contributed by atoms with van der Waals surface area (Å²) in [6, 6.07) is 4.03. The molecule has 1 fully saturated rings. The largest absolute Gasteiger partial charge is 0.496 e. The van der Waals surface area contributed by atoms with Gasteiger partial charge in [-0.25, -0.2) is 0 Å². The van der Waals surface area contributed by atoms with Gasteiger partial charge in [-0.3, -0.25) is 0 Å². The van der Waals surface area contributed by atoms with Gasteiger partial charge in [0.1, 0.15) is 5.75 Å². The number of nitrogens with zero attached hydrogens (tertiary/aromatic N) is 2. The van der Waals surface area contributed by atoms with Crippen molar-refractivity contribution < 1.29 is 14.0 Å². The molecule has 1 aromatic carbocycles. The molecule has 0 N–H and O–H groups in total. The van der Waals surface area contributed by atoms with E-state index in [0.29, 0.717) is 6.61 Å². The van der Waals surface area contributed by atoms with Gasteiger partial charge >= 0.3 is 0 Å². The normalized spacial score (nSPS) is 17.0. The summed E-state index contributed by atoms with van der Waals surface area (Å²) in [4.78, 5) is 2.41. The lowest BCUT2D eigenvalue weighted by atomic mass is 9.91. The maximum atomic E-state index is 5.61. The SMILES string of the molecule is COCc1c(OC)ccc2c(CCC3CCN(C)CC3)noc12. The molecule has 1 aliphatic rings. The molecule has 5 nitrogen and oxygen atoms in total. The Morgan fingerprint density at radius 2 is 2.04 bits per heavy atom. The second kappa shape index (κ2) is 7.32. The summed E-state index contributed by atoms with van der Waals surface area (Å²) >= 11 is 0. The van der Waals surface area contributed by atoms with Gasteiger partial charge in [0.2, 0.25) is 0 Å². The number of rotatable bonds is 6. The molecular weight excluding hydrogens is 292 g/mol. The quantitative estimate of drug-likeness (QED) is 0.818. The van der Waals surface area contributed by atoms with Gasteiger partial charge in [0, 0.05) is 12.5 Å². The Hall–Kier alpha value is -1.59. The van der Waals surface area contributed by atoms with Crippen molar-refractivity contribution in [1.82, 2.24) is 10.1 Å². The predicted octanol–water partition coefficient (Wildman–Crippen LogP) is 3.26. The van der Waals surface area contributed by atoms with E-state index < -0.39 is 0 Å². The molecule has 126 valence electrons. The summed E-state index contributed by atoms with van der Waals surface area (Å²) in [6.45, 7) is 2.88. The molecule has 0 saturated carbocycles. The Morgan fingerprint density at radius 3 is 2.74 bits per heavy atom. The monoisotopic (exact) mass is 318 g/mol. The average Bonchev–Trinajstić information content (AvgIpc) is 2.98. The van der Waals surface area contributed by atoms with E-state index in [2.05, 4.69) is 17.1 Å². The summed E-state index contributed by atoms with van der Waals surface area (Å²) in [6.07, 6.45) is 4.73. The molecule has 0 atom stereocenters. The Bertz CT molecular complexity index is 645. The number of benzene rings is 1. The molecule has 1 aliphatic heterocycles. The average molecular weight is 318 g/mol. The summed E-state index contributed by atoms with van der Waals surface area (Å²) in [7, 11) is 5.54. The first kappa shape index (κ1) is 16.3. The highest BCUT2D eigenvalue weighted by Gasteiger charge is 2.20. The van der Waals surface area contributed by atoms with Crippen molar-refractivity contribution in [3.05, 3.63) is 23.4 Å². The molecule has 2 heterocycles. The summed E-state index contributed by atoms with van der Waals surface area (Å²) in [5, 5.41) is 5.41. The van der Waals surface area contributed by atoms with Crippen LogP contribution in [-0.2, 0) is 17.8 Å². The third-order valence-electron chi connectivity index (χ3n) is 4.91. The third kappa shape index (κ3) is 3.51. The maximum absolute atomic E-state index is 5.61. The molecule has 0 radical (unpaired) electrons. The number of likely N-dealkylation sites (tertiary alicyclic amines) is 1. The Balaban J connectivity index is 1.75. The van der Waals surface area contributed by atoms with Gasteiger partial charge in [-0.2, -0.15) is 0 Å². The van der Waals surface area contributed by atoms with Crippen LogP contribution in [0.2, 0.25) is 0 Å². The van der Waals surface area contributed by atoms with E-state index in [1.54, 1.807) is 14.2 Å². The number of methoxy groups -OCH3 is 2. The van der Waals surface area contributed by atoms with Crippen molar-refractivity contribution in [2.45, 2.75) is 32.3 Å². The van der Waals surface area contributed by atoms with E-state index in [1.807, 2.05) is 12.1 Å². The molecule has 3 rings (SSSR count). The van der Waals surface area contributed by atoms with E-state index in [0.717, 1.165) is 40.3 Å². The zero-order valence-electron chi connectivity index (χ0n) is 14.3. The van der Waals surface area contributed by atoms with Gasteiger partial charge in [0.05, 0.1) is 25.0 Å². The highest BCUT2D eigenvalue weighted by atomic mass is 16.5. The molecule has 1 aromatic heterocycles. The van der Waals surface area contributed by atoms with Crippen LogP contribution in [0.5, 0.6) is 5.75 Å². The number of aromatic nitrogens is 1. The fraction of sp³-hybridized carbons (Fsp3) is 0.611. The molecule has 0 aliphatic carbocycles. The Morgan fingerprint density at radius 1 is 1.26 bits per heavy atom. The molecule has 5 heteroatoms. The van der Waals surface area contributed by atoms with Crippen LogP contribution in [0.3, 0.4) is 0 Å². The third-order valence-corrected chi connectivity index (χ3v) is 4.91. The second-order valence-corrected chi connectivity index (χ2v) is 6.47. The first-order valence-corrected chi connectivity index (χ1v) is 8.34. The number of aryl methyl sites for hydroxylation is 1. The van der Waals surface area contributed by atoms with Crippen LogP contribution in [0.4, 0.5) is 0 Å². The van der Waals surface area contributed by atoms with Crippen LogP contribution in [0, 0.1) is 5.92 Å². The van der Waals surface area contributed by atoms with Crippen molar-refractivity contribution in [1.29, 1.82) is 0 Å². The number of hydrogen-bond acceptors (Lipinski definition) is 5. The zero-order valence-corrected chi connectivity index (χ0v) is 14.3. The highest BCUT2D eigenvalue weighted by molar-refractivity contribution is 5.84. The van der Waals surface area contributed by atoms with Gasteiger partial charge in [0.25, 0.3) is 0 Å². The van der Waals surface area contributed by atoms with Gasteiger partial charge < -0.3 is 18.9 Å². The van der Waals surface area contributed by atoms with Crippen LogP contribution in [0.25, 0.3) is 11.0 Å². The van der Waals surface area contributed by atoms with Gasteiger partial charge in [-0.05, 0) is 63.9 Å².